The number of carboxylic acids is 1. The van der Waals surface area contributed by atoms with Crippen LogP contribution in [0.2, 0.25) is 0 Å². The molecule has 1 fully saturated rings. The van der Waals surface area contributed by atoms with E-state index in [0.717, 1.165) is 18.4 Å². The van der Waals surface area contributed by atoms with Gasteiger partial charge in [-0.05, 0) is 30.2 Å². The van der Waals surface area contributed by atoms with Crippen LogP contribution in [0.5, 0.6) is 0 Å². The summed E-state index contributed by atoms with van der Waals surface area (Å²) in [6, 6.07) is 9.27. The van der Waals surface area contributed by atoms with E-state index in [1.807, 2.05) is 44.2 Å². The van der Waals surface area contributed by atoms with Gasteiger partial charge in [-0.25, -0.2) is 4.79 Å². The van der Waals surface area contributed by atoms with E-state index in [2.05, 4.69) is 0 Å². The van der Waals surface area contributed by atoms with Gasteiger partial charge in [-0.1, -0.05) is 44.2 Å². The van der Waals surface area contributed by atoms with Crippen LogP contribution in [0.25, 0.3) is 0 Å². The van der Waals surface area contributed by atoms with Crippen LogP contribution in [0.4, 0.5) is 0 Å². The highest BCUT2D eigenvalue weighted by atomic mass is 16.5. The van der Waals surface area contributed by atoms with Crippen LogP contribution >= 0.6 is 0 Å². The van der Waals surface area contributed by atoms with Crippen LogP contribution in [0.3, 0.4) is 0 Å². The van der Waals surface area contributed by atoms with Gasteiger partial charge in [0.2, 0.25) is 0 Å². The summed E-state index contributed by atoms with van der Waals surface area (Å²) in [5.41, 5.74) is -0.489. The molecule has 0 spiro atoms. The van der Waals surface area contributed by atoms with Crippen LogP contribution in [-0.4, -0.2) is 17.7 Å². The molecule has 98 valence electrons. The average molecular weight is 248 g/mol. The molecule has 0 aromatic heterocycles. The minimum absolute atomic E-state index is 0.115. The van der Waals surface area contributed by atoms with Gasteiger partial charge in [0.05, 0.1) is 6.61 Å². The van der Waals surface area contributed by atoms with Crippen molar-refractivity contribution in [3.8, 4) is 0 Å². The predicted molar refractivity (Wildman–Crippen MR) is 69.3 cm³/mol. The molecule has 1 saturated carbocycles. The van der Waals surface area contributed by atoms with Crippen molar-refractivity contribution in [1.82, 2.24) is 0 Å². The minimum Gasteiger partial charge on any atom is -0.479 e. The van der Waals surface area contributed by atoms with E-state index >= 15 is 0 Å². The molecule has 3 heteroatoms. The number of ether oxygens (including phenoxy) is 1. The average Bonchev–Trinajstić information content (AvgIpc) is 3.14. The number of carbonyl (C=O) groups is 1. The first kappa shape index (κ1) is 13.1. The highest BCUT2D eigenvalue weighted by molar-refractivity contribution is 5.79. The van der Waals surface area contributed by atoms with Crippen molar-refractivity contribution in [2.45, 2.75) is 32.3 Å². The van der Waals surface area contributed by atoms with Gasteiger partial charge in [0.15, 0.2) is 5.60 Å². The SMILES string of the molecule is CC(C)C(OCC1CC1)(C(=O)O)c1ccccc1. The van der Waals surface area contributed by atoms with Crippen molar-refractivity contribution in [2.75, 3.05) is 6.61 Å². The van der Waals surface area contributed by atoms with Gasteiger partial charge in [-0.2, -0.15) is 0 Å². The lowest BCUT2D eigenvalue weighted by atomic mass is 9.83. The number of aliphatic carboxylic acids is 1. The van der Waals surface area contributed by atoms with Crippen LogP contribution < -0.4 is 0 Å². The highest BCUT2D eigenvalue weighted by Gasteiger charge is 2.45. The fourth-order valence-electron chi connectivity index (χ4n) is 2.24. The third-order valence-electron chi connectivity index (χ3n) is 3.58. The summed E-state index contributed by atoms with van der Waals surface area (Å²) < 4.78 is 5.86. The van der Waals surface area contributed by atoms with Crippen LogP contribution in [0, 0.1) is 11.8 Å². The van der Waals surface area contributed by atoms with Crippen LogP contribution in [0.15, 0.2) is 30.3 Å². The lowest BCUT2D eigenvalue weighted by Gasteiger charge is -2.34. The van der Waals surface area contributed by atoms with E-state index in [1.165, 1.54) is 0 Å². The third kappa shape index (κ3) is 2.41. The first-order chi connectivity index (χ1) is 8.57. The number of carboxylic acid groups (broad SMARTS) is 1. The zero-order chi connectivity index (χ0) is 13.2. The topological polar surface area (TPSA) is 46.5 Å². The molecule has 1 atom stereocenters. The molecule has 1 aromatic rings. The lowest BCUT2D eigenvalue weighted by Crippen LogP contribution is -2.44. The maximum atomic E-state index is 11.8. The smallest absolute Gasteiger partial charge is 0.340 e. The Morgan fingerprint density at radius 1 is 1.39 bits per heavy atom. The second-order valence-corrected chi connectivity index (χ2v) is 5.32. The minimum atomic E-state index is -1.22. The quantitative estimate of drug-likeness (QED) is 0.841. The van der Waals surface area contributed by atoms with Crippen molar-refractivity contribution in [2.24, 2.45) is 11.8 Å². The Hall–Kier alpha value is -1.35. The van der Waals surface area contributed by atoms with E-state index in [9.17, 15) is 9.90 Å². The molecule has 1 aromatic carbocycles. The molecular formula is C15H20O3. The Morgan fingerprint density at radius 2 is 2.00 bits per heavy atom. The number of hydrogen-bond donors (Lipinski definition) is 1. The van der Waals surface area contributed by atoms with Gasteiger partial charge in [0.25, 0.3) is 0 Å². The number of benzene rings is 1. The second-order valence-electron chi connectivity index (χ2n) is 5.32. The van der Waals surface area contributed by atoms with Crippen molar-refractivity contribution in [3.05, 3.63) is 35.9 Å². The molecule has 0 radical (unpaired) electrons. The van der Waals surface area contributed by atoms with E-state index in [0.29, 0.717) is 12.5 Å². The van der Waals surface area contributed by atoms with E-state index < -0.39 is 11.6 Å². The van der Waals surface area contributed by atoms with E-state index in [4.69, 9.17) is 4.74 Å². The van der Waals surface area contributed by atoms with Gasteiger partial charge >= 0.3 is 5.97 Å². The van der Waals surface area contributed by atoms with Gasteiger partial charge in [0, 0.05) is 0 Å². The summed E-state index contributed by atoms with van der Waals surface area (Å²) >= 11 is 0. The summed E-state index contributed by atoms with van der Waals surface area (Å²) in [5.74, 6) is -0.466. The first-order valence-electron chi connectivity index (χ1n) is 6.50. The molecule has 1 unspecified atom stereocenters. The van der Waals surface area contributed by atoms with Crippen molar-refractivity contribution >= 4 is 5.97 Å². The van der Waals surface area contributed by atoms with Gasteiger partial charge in [0.1, 0.15) is 0 Å². The van der Waals surface area contributed by atoms with Gasteiger partial charge in [-0.3, -0.25) is 0 Å². The zero-order valence-corrected chi connectivity index (χ0v) is 10.9. The zero-order valence-electron chi connectivity index (χ0n) is 10.9. The standard InChI is InChI=1S/C15H20O3/c1-11(2)15(14(16)17,18-10-12-8-9-12)13-6-4-3-5-7-13/h3-7,11-12H,8-10H2,1-2H3,(H,16,17). The molecule has 0 heterocycles. The molecule has 2 rings (SSSR count). The summed E-state index contributed by atoms with van der Waals surface area (Å²) in [7, 11) is 0. The molecule has 1 N–H and O–H groups in total. The largest absolute Gasteiger partial charge is 0.479 e. The van der Waals surface area contributed by atoms with Crippen molar-refractivity contribution < 1.29 is 14.6 Å². The molecule has 0 bridgehead atoms. The molecule has 3 nitrogen and oxygen atoms in total. The molecule has 1 aliphatic carbocycles. The normalized spacial score (nSPS) is 18.6. The maximum absolute atomic E-state index is 11.8. The van der Waals surface area contributed by atoms with E-state index in [-0.39, 0.29) is 5.92 Å². The fourth-order valence-corrected chi connectivity index (χ4v) is 2.24. The lowest BCUT2D eigenvalue weighted by molar-refractivity contribution is -0.176. The number of rotatable bonds is 6. The summed E-state index contributed by atoms with van der Waals surface area (Å²) in [5, 5.41) is 9.66. The molecule has 0 aliphatic heterocycles. The Balaban J connectivity index is 2.32. The summed E-state index contributed by atoms with van der Waals surface area (Å²) in [6.07, 6.45) is 2.31. The van der Waals surface area contributed by atoms with Gasteiger partial charge in [-0.15, -0.1) is 0 Å². The maximum Gasteiger partial charge on any atom is 0.340 e. The summed E-state index contributed by atoms with van der Waals surface area (Å²) in [4.78, 5) is 11.8. The highest BCUT2D eigenvalue weighted by Crippen LogP contribution is 2.38. The Bertz CT molecular complexity index is 409. The second kappa shape index (κ2) is 5.11. The Kier molecular flexibility index (Phi) is 3.71. The predicted octanol–water partition coefficient (Wildman–Crippen LogP) is 3.05. The Morgan fingerprint density at radius 3 is 2.44 bits per heavy atom. The monoisotopic (exact) mass is 248 g/mol. The third-order valence-corrected chi connectivity index (χ3v) is 3.58. The number of hydrogen-bond acceptors (Lipinski definition) is 2. The molecule has 1 aliphatic rings. The fraction of sp³-hybridized carbons (Fsp3) is 0.533. The van der Waals surface area contributed by atoms with Crippen LogP contribution in [0.1, 0.15) is 32.3 Å². The Labute approximate surface area is 108 Å². The van der Waals surface area contributed by atoms with Crippen molar-refractivity contribution in [1.29, 1.82) is 0 Å². The van der Waals surface area contributed by atoms with Crippen LogP contribution in [-0.2, 0) is 15.1 Å². The van der Waals surface area contributed by atoms with Crippen molar-refractivity contribution in [3.63, 3.8) is 0 Å². The molecule has 0 saturated heterocycles. The molecular weight excluding hydrogens is 228 g/mol. The molecule has 0 amide bonds. The summed E-state index contributed by atoms with van der Waals surface area (Å²) in [6.45, 7) is 4.33. The van der Waals surface area contributed by atoms with E-state index in [1.54, 1.807) is 0 Å². The molecule has 18 heavy (non-hydrogen) atoms. The first-order valence-corrected chi connectivity index (χ1v) is 6.50. The van der Waals surface area contributed by atoms with Gasteiger partial charge < -0.3 is 9.84 Å².